The molecule has 0 unspecified atom stereocenters. The first kappa shape index (κ1) is 10.7. The third kappa shape index (κ3) is 1.58. The quantitative estimate of drug-likeness (QED) is 0.735. The number of rotatable bonds is 2. The third-order valence-electron chi connectivity index (χ3n) is 2.11. The van der Waals surface area contributed by atoms with Crippen LogP contribution >= 0.6 is 0 Å². The molecule has 0 saturated heterocycles. The summed E-state index contributed by atoms with van der Waals surface area (Å²) in [5, 5.41) is -0.354. The van der Waals surface area contributed by atoms with Gasteiger partial charge in [0.1, 0.15) is 5.82 Å². The molecule has 1 aromatic carbocycles. The highest BCUT2D eigenvalue weighted by atomic mass is 19.1. The van der Waals surface area contributed by atoms with Crippen molar-refractivity contribution in [2.24, 2.45) is 0 Å². The SMILES string of the molecule is CCOc1c(F)nc2cccc(F)c2c1F. The first-order chi connectivity index (χ1) is 7.65. The standard InChI is InChI=1S/C11H8F3NO/c1-2-16-10-9(13)8-6(12)4-3-5-7(8)15-11(10)14/h3-5H,2H2,1H3. The van der Waals surface area contributed by atoms with E-state index in [4.69, 9.17) is 4.74 Å². The van der Waals surface area contributed by atoms with Gasteiger partial charge in [-0.05, 0) is 19.1 Å². The Morgan fingerprint density at radius 2 is 2.00 bits per heavy atom. The number of hydrogen-bond donors (Lipinski definition) is 0. The molecule has 16 heavy (non-hydrogen) atoms. The highest BCUT2D eigenvalue weighted by molar-refractivity contribution is 5.81. The van der Waals surface area contributed by atoms with Crippen LogP contribution in [0.5, 0.6) is 5.75 Å². The molecular weight excluding hydrogens is 219 g/mol. The molecule has 1 heterocycles. The largest absolute Gasteiger partial charge is 0.487 e. The number of aromatic nitrogens is 1. The van der Waals surface area contributed by atoms with Crippen LogP contribution < -0.4 is 4.74 Å². The summed E-state index contributed by atoms with van der Waals surface area (Å²) < 4.78 is 45.1. The van der Waals surface area contributed by atoms with Gasteiger partial charge in [0.05, 0.1) is 17.5 Å². The summed E-state index contributed by atoms with van der Waals surface area (Å²) in [6.07, 6.45) is 0. The van der Waals surface area contributed by atoms with E-state index in [0.717, 1.165) is 6.07 Å². The lowest BCUT2D eigenvalue weighted by atomic mass is 10.2. The summed E-state index contributed by atoms with van der Waals surface area (Å²) in [6, 6.07) is 3.75. The van der Waals surface area contributed by atoms with Gasteiger partial charge in [-0.2, -0.15) is 4.39 Å². The number of fused-ring (bicyclic) bond motifs is 1. The van der Waals surface area contributed by atoms with Gasteiger partial charge in [0, 0.05) is 0 Å². The van der Waals surface area contributed by atoms with Gasteiger partial charge >= 0.3 is 0 Å². The number of halogens is 3. The lowest BCUT2D eigenvalue weighted by Crippen LogP contribution is -2.02. The van der Waals surface area contributed by atoms with Gasteiger partial charge in [-0.3, -0.25) is 0 Å². The summed E-state index contributed by atoms with van der Waals surface area (Å²) in [5.74, 6) is -3.55. The topological polar surface area (TPSA) is 22.1 Å². The highest BCUT2D eigenvalue weighted by Crippen LogP contribution is 2.28. The molecule has 0 saturated carbocycles. The molecule has 0 aliphatic heterocycles. The second-order valence-corrected chi connectivity index (χ2v) is 3.11. The van der Waals surface area contributed by atoms with Crippen molar-refractivity contribution in [1.29, 1.82) is 0 Å². The minimum absolute atomic E-state index is 0.0709. The number of benzene rings is 1. The zero-order chi connectivity index (χ0) is 11.7. The Kier molecular flexibility index (Phi) is 2.68. The van der Waals surface area contributed by atoms with Crippen LogP contribution in [0.1, 0.15) is 6.92 Å². The Morgan fingerprint density at radius 3 is 2.69 bits per heavy atom. The Labute approximate surface area is 89.7 Å². The first-order valence-electron chi connectivity index (χ1n) is 4.71. The Balaban J connectivity index is 2.80. The Bertz CT molecular complexity index is 542. The van der Waals surface area contributed by atoms with Crippen LogP contribution in [0.3, 0.4) is 0 Å². The third-order valence-corrected chi connectivity index (χ3v) is 2.11. The minimum atomic E-state index is -1.07. The van der Waals surface area contributed by atoms with E-state index in [1.807, 2.05) is 0 Å². The predicted octanol–water partition coefficient (Wildman–Crippen LogP) is 3.05. The second kappa shape index (κ2) is 4.00. The van der Waals surface area contributed by atoms with E-state index in [1.54, 1.807) is 6.92 Å². The molecule has 0 fully saturated rings. The molecule has 2 rings (SSSR count). The van der Waals surface area contributed by atoms with Crippen LogP contribution in [0, 0.1) is 17.6 Å². The second-order valence-electron chi connectivity index (χ2n) is 3.11. The lowest BCUT2D eigenvalue weighted by Gasteiger charge is -2.08. The van der Waals surface area contributed by atoms with Gasteiger partial charge < -0.3 is 4.74 Å². The van der Waals surface area contributed by atoms with Crippen molar-refractivity contribution in [2.45, 2.75) is 6.92 Å². The van der Waals surface area contributed by atoms with Crippen molar-refractivity contribution in [2.75, 3.05) is 6.61 Å². The molecule has 0 amide bonds. The Morgan fingerprint density at radius 1 is 1.25 bits per heavy atom. The van der Waals surface area contributed by atoms with Crippen molar-refractivity contribution >= 4 is 10.9 Å². The van der Waals surface area contributed by atoms with Crippen molar-refractivity contribution in [3.8, 4) is 5.75 Å². The van der Waals surface area contributed by atoms with Gasteiger partial charge in [0.15, 0.2) is 5.82 Å². The van der Waals surface area contributed by atoms with Crippen LogP contribution in [0.25, 0.3) is 10.9 Å². The molecular formula is C11H8F3NO. The molecule has 0 N–H and O–H groups in total. The van der Waals surface area contributed by atoms with Gasteiger partial charge in [-0.1, -0.05) is 6.07 Å². The number of ether oxygens (including phenoxy) is 1. The summed E-state index contributed by atoms with van der Waals surface area (Å²) in [4.78, 5) is 3.44. The fourth-order valence-electron chi connectivity index (χ4n) is 1.45. The van der Waals surface area contributed by atoms with Gasteiger partial charge in [-0.25, -0.2) is 13.8 Å². The van der Waals surface area contributed by atoms with Crippen LogP contribution in [-0.2, 0) is 0 Å². The fourth-order valence-corrected chi connectivity index (χ4v) is 1.45. The smallest absolute Gasteiger partial charge is 0.258 e. The van der Waals surface area contributed by atoms with Crippen LogP contribution in [0.2, 0.25) is 0 Å². The highest BCUT2D eigenvalue weighted by Gasteiger charge is 2.18. The van der Waals surface area contributed by atoms with Gasteiger partial charge in [0.2, 0.25) is 5.75 Å². The molecule has 0 atom stereocenters. The van der Waals surface area contributed by atoms with E-state index >= 15 is 0 Å². The molecule has 0 radical (unpaired) electrons. The van der Waals surface area contributed by atoms with Crippen molar-refractivity contribution in [3.63, 3.8) is 0 Å². The van der Waals surface area contributed by atoms with Crippen molar-refractivity contribution in [1.82, 2.24) is 4.98 Å². The average molecular weight is 227 g/mol. The average Bonchev–Trinajstić information content (AvgIpc) is 2.24. The normalized spacial score (nSPS) is 10.8. The molecule has 1 aromatic heterocycles. The number of pyridine rings is 1. The first-order valence-corrected chi connectivity index (χ1v) is 4.71. The van der Waals surface area contributed by atoms with E-state index in [0.29, 0.717) is 0 Å². The molecule has 0 spiro atoms. The molecule has 84 valence electrons. The monoisotopic (exact) mass is 227 g/mol. The summed E-state index contributed by atoms with van der Waals surface area (Å²) >= 11 is 0. The molecule has 0 aliphatic carbocycles. The molecule has 0 bridgehead atoms. The zero-order valence-electron chi connectivity index (χ0n) is 8.43. The maximum Gasteiger partial charge on any atom is 0.258 e. The van der Waals surface area contributed by atoms with Crippen molar-refractivity contribution < 1.29 is 17.9 Å². The van der Waals surface area contributed by atoms with Crippen LogP contribution in [0.15, 0.2) is 18.2 Å². The summed E-state index contributed by atoms with van der Waals surface area (Å²) in [5.41, 5.74) is -0.0709. The molecule has 2 nitrogen and oxygen atoms in total. The van der Waals surface area contributed by atoms with Crippen LogP contribution in [0.4, 0.5) is 13.2 Å². The predicted molar refractivity (Wildman–Crippen MR) is 52.8 cm³/mol. The van der Waals surface area contributed by atoms with E-state index < -0.39 is 23.3 Å². The molecule has 2 aromatic rings. The van der Waals surface area contributed by atoms with E-state index in [9.17, 15) is 13.2 Å². The van der Waals surface area contributed by atoms with E-state index in [2.05, 4.69) is 4.98 Å². The molecule has 0 aliphatic rings. The van der Waals surface area contributed by atoms with Gasteiger partial charge in [0.25, 0.3) is 5.95 Å². The van der Waals surface area contributed by atoms with Crippen LogP contribution in [-0.4, -0.2) is 11.6 Å². The minimum Gasteiger partial charge on any atom is -0.487 e. The Hall–Kier alpha value is -1.78. The van der Waals surface area contributed by atoms with E-state index in [1.165, 1.54) is 12.1 Å². The summed E-state index contributed by atoms with van der Waals surface area (Å²) in [6.45, 7) is 1.65. The lowest BCUT2D eigenvalue weighted by molar-refractivity contribution is 0.299. The zero-order valence-corrected chi connectivity index (χ0v) is 8.43. The summed E-state index contributed by atoms with van der Waals surface area (Å²) in [7, 11) is 0. The maximum atomic E-state index is 13.7. The maximum absolute atomic E-state index is 13.7. The number of nitrogens with zero attached hydrogens (tertiary/aromatic N) is 1. The van der Waals surface area contributed by atoms with Gasteiger partial charge in [-0.15, -0.1) is 0 Å². The fraction of sp³-hybridized carbons (Fsp3) is 0.182. The van der Waals surface area contributed by atoms with Crippen molar-refractivity contribution in [3.05, 3.63) is 35.8 Å². The number of hydrogen-bond acceptors (Lipinski definition) is 2. The van der Waals surface area contributed by atoms with E-state index in [-0.39, 0.29) is 17.5 Å². The molecule has 5 heteroatoms.